The molecule has 0 spiro atoms. The van der Waals surface area contributed by atoms with Crippen LogP contribution < -0.4 is 10.1 Å². The van der Waals surface area contributed by atoms with Gasteiger partial charge in [0, 0.05) is 25.9 Å². The van der Waals surface area contributed by atoms with E-state index in [4.69, 9.17) is 4.74 Å². The third-order valence-corrected chi connectivity index (χ3v) is 5.06. The van der Waals surface area contributed by atoms with Crippen molar-refractivity contribution in [2.75, 3.05) is 13.7 Å². The van der Waals surface area contributed by atoms with Crippen molar-refractivity contribution in [2.45, 2.75) is 19.9 Å². The quantitative estimate of drug-likeness (QED) is 0.839. The molecule has 1 unspecified atom stereocenters. The molecule has 0 radical (unpaired) electrons. The Hall–Kier alpha value is -0.910. The topological polar surface area (TPSA) is 21.3 Å². The van der Waals surface area contributed by atoms with Gasteiger partial charge < -0.3 is 10.1 Å². The number of ether oxygens (including phenoxy) is 1. The molecule has 2 nitrogen and oxygen atoms in total. The molecule has 1 atom stereocenters. The highest BCUT2D eigenvalue weighted by atomic mass is 79.9. The molecule has 0 saturated heterocycles. The Kier molecular flexibility index (Phi) is 5.18. The molecule has 0 bridgehead atoms. The van der Waals surface area contributed by atoms with E-state index >= 15 is 0 Å². The Morgan fingerprint density at radius 2 is 2.15 bits per heavy atom. The van der Waals surface area contributed by atoms with Gasteiger partial charge in [-0.05, 0) is 41.5 Å². The van der Waals surface area contributed by atoms with Crippen LogP contribution in [0.1, 0.15) is 28.3 Å². The van der Waals surface area contributed by atoms with Crippen LogP contribution in [0.3, 0.4) is 0 Å². The van der Waals surface area contributed by atoms with Gasteiger partial charge in [-0.3, -0.25) is 0 Å². The Balaban J connectivity index is 2.45. The lowest BCUT2D eigenvalue weighted by molar-refractivity contribution is 0.410. The molecule has 20 heavy (non-hydrogen) atoms. The smallest absolute Gasteiger partial charge is 0.132 e. The van der Waals surface area contributed by atoms with Crippen LogP contribution in [0.15, 0.2) is 28.7 Å². The minimum atomic E-state index is -0.256. The van der Waals surface area contributed by atoms with E-state index in [2.05, 4.69) is 27.3 Å². The van der Waals surface area contributed by atoms with Crippen LogP contribution in [0, 0.1) is 12.7 Å². The molecule has 1 aromatic heterocycles. The third kappa shape index (κ3) is 3.22. The second-order valence-corrected chi connectivity index (χ2v) is 6.59. The Labute approximate surface area is 131 Å². The Bertz CT molecular complexity index is 600. The molecule has 0 amide bonds. The minimum absolute atomic E-state index is 0.154. The van der Waals surface area contributed by atoms with E-state index < -0.39 is 0 Å². The van der Waals surface area contributed by atoms with Crippen molar-refractivity contribution in [1.29, 1.82) is 0 Å². The average Bonchev–Trinajstić information content (AvgIpc) is 2.75. The average molecular weight is 358 g/mol. The van der Waals surface area contributed by atoms with Crippen LogP contribution in [0.25, 0.3) is 0 Å². The van der Waals surface area contributed by atoms with Gasteiger partial charge in [0.15, 0.2) is 0 Å². The largest absolute Gasteiger partial charge is 0.497 e. The standard InChI is InChI=1S/C15H17BrFNOS/c1-4-18-14(15-12(16)7-9(2)20-15)11-6-5-10(19-3)8-13(11)17/h5-8,14,18H,4H2,1-3H3. The second-order valence-electron chi connectivity index (χ2n) is 4.45. The maximum Gasteiger partial charge on any atom is 0.132 e. The zero-order chi connectivity index (χ0) is 14.7. The fourth-order valence-corrected chi connectivity index (χ4v) is 4.09. The van der Waals surface area contributed by atoms with Crippen LogP contribution in [0.2, 0.25) is 0 Å². The third-order valence-electron chi connectivity index (χ3n) is 3.03. The summed E-state index contributed by atoms with van der Waals surface area (Å²) in [6, 6.07) is 6.90. The van der Waals surface area contributed by atoms with Gasteiger partial charge in [0.2, 0.25) is 0 Å². The number of hydrogen-bond donors (Lipinski definition) is 1. The molecular formula is C15H17BrFNOS. The highest BCUT2D eigenvalue weighted by molar-refractivity contribution is 9.10. The lowest BCUT2D eigenvalue weighted by atomic mass is 10.0. The van der Waals surface area contributed by atoms with Crippen molar-refractivity contribution in [3.63, 3.8) is 0 Å². The van der Waals surface area contributed by atoms with Crippen LogP contribution in [-0.2, 0) is 0 Å². The number of methoxy groups -OCH3 is 1. The number of halogens is 2. The van der Waals surface area contributed by atoms with Gasteiger partial charge in [-0.2, -0.15) is 0 Å². The summed E-state index contributed by atoms with van der Waals surface area (Å²) in [4.78, 5) is 2.29. The van der Waals surface area contributed by atoms with E-state index in [-0.39, 0.29) is 11.9 Å². The summed E-state index contributed by atoms with van der Waals surface area (Å²) >= 11 is 5.23. The fraction of sp³-hybridized carbons (Fsp3) is 0.333. The van der Waals surface area contributed by atoms with Crippen molar-refractivity contribution in [3.8, 4) is 5.75 Å². The fourth-order valence-electron chi connectivity index (χ4n) is 2.12. The van der Waals surface area contributed by atoms with Crippen molar-refractivity contribution in [3.05, 3.63) is 49.9 Å². The summed E-state index contributed by atoms with van der Waals surface area (Å²) in [6.45, 7) is 4.83. The van der Waals surface area contributed by atoms with Gasteiger partial charge in [-0.1, -0.05) is 13.0 Å². The van der Waals surface area contributed by atoms with Crippen molar-refractivity contribution < 1.29 is 9.13 Å². The molecular weight excluding hydrogens is 341 g/mol. The first-order chi connectivity index (χ1) is 9.56. The van der Waals surface area contributed by atoms with E-state index in [9.17, 15) is 4.39 Å². The molecule has 0 saturated carbocycles. The lowest BCUT2D eigenvalue weighted by Gasteiger charge is -2.19. The number of thiophene rings is 1. The summed E-state index contributed by atoms with van der Waals surface area (Å²) in [5, 5.41) is 3.35. The Morgan fingerprint density at radius 3 is 2.65 bits per heavy atom. The highest BCUT2D eigenvalue weighted by Gasteiger charge is 2.21. The van der Waals surface area contributed by atoms with Gasteiger partial charge in [0.1, 0.15) is 11.6 Å². The number of aryl methyl sites for hydroxylation is 1. The first-order valence-electron chi connectivity index (χ1n) is 6.39. The molecule has 2 rings (SSSR count). The molecule has 0 aliphatic heterocycles. The number of nitrogens with one attached hydrogen (secondary N) is 1. The molecule has 0 aliphatic rings. The predicted octanol–water partition coefficient (Wildman–Crippen LogP) is 4.67. The van der Waals surface area contributed by atoms with Crippen LogP contribution in [0.5, 0.6) is 5.75 Å². The Morgan fingerprint density at radius 1 is 1.40 bits per heavy atom. The van der Waals surface area contributed by atoms with Crippen LogP contribution >= 0.6 is 27.3 Å². The highest BCUT2D eigenvalue weighted by Crippen LogP contribution is 2.37. The van der Waals surface area contributed by atoms with Crippen LogP contribution in [0.4, 0.5) is 4.39 Å². The van der Waals surface area contributed by atoms with Crippen LogP contribution in [-0.4, -0.2) is 13.7 Å². The summed E-state index contributed by atoms with van der Waals surface area (Å²) in [7, 11) is 1.54. The van der Waals surface area contributed by atoms with Gasteiger partial charge >= 0.3 is 0 Å². The SMILES string of the molecule is CCNC(c1ccc(OC)cc1F)c1sc(C)cc1Br. The zero-order valence-corrected chi connectivity index (χ0v) is 14.1. The summed E-state index contributed by atoms with van der Waals surface area (Å²) < 4.78 is 20.4. The monoisotopic (exact) mass is 357 g/mol. The van der Waals surface area contributed by atoms with Gasteiger partial charge in [-0.15, -0.1) is 11.3 Å². The maximum absolute atomic E-state index is 14.3. The zero-order valence-electron chi connectivity index (χ0n) is 11.7. The lowest BCUT2D eigenvalue weighted by Crippen LogP contribution is -2.22. The molecule has 1 heterocycles. The van der Waals surface area contributed by atoms with E-state index in [1.807, 2.05) is 13.8 Å². The predicted molar refractivity (Wildman–Crippen MR) is 85.2 cm³/mol. The van der Waals surface area contributed by atoms with Gasteiger partial charge in [0.25, 0.3) is 0 Å². The number of hydrogen-bond acceptors (Lipinski definition) is 3. The molecule has 1 N–H and O–H groups in total. The van der Waals surface area contributed by atoms with E-state index in [1.165, 1.54) is 18.1 Å². The summed E-state index contributed by atoms with van der Waals surface area (Å²) in [6.07, 6.45) is 0. The summed E-state index contributed by atoms with van der Waals surface area (Å²) in [5.74, 6) is 0.274. The van der Waals surface area contributed by atoms with Crippen molar-refractivity contribution in [1.82, 2.24) is 5.32 Å². The van der Waals surface area contributed by atoms with Gasteiger partial charge in [0.05, 0.1) is 13.2 Å². The summed E-state index contributed by atoms with van der Waals surface area (Å²) in [5.41, 5.74) is 0.634. The molecule has 1 aromatic carbocycles. The van der Waals surface area contributed by atoms with E-state index in [1.54, 1.807) is 23.5 Å². The molecule has 2 aromatic rings. The molecule has 0 aliphatic carbocycles. The first-order valence-corrected chi connectivity index (χ1v) is 8.00. The second kappa shape index (κ2) is 6.70. The normalized spacial score (nSPS) is 12.4. The molecule has 108 valence electrons. The van der Waals surface area contributed by atoms with E-state index in [0.717, 1.165) is 15.9 Å². The minimum Gasteiger partial charge on any atom is -0.497 e. The van der Waals surface area contributed by atoms with E-state index in [0.29, 0.717) is 11.3 Å². The number of benzene rings is 1. The van der Waals surface area contributed by atoms with Crippen molar-refractivity contribution in [2.24, 2.45) is 0 Å². The number of rotatable bonds is 5. The molecule has 0 fully saturated rings. The molecule has 5 heteroatoms. The first kappa shape index (κ1) is 15.5. The maximum atomic E-state index is 14.3. The van der Waals surface area contributed by atoms with Crippen molar-refractivity contribution >= 4 is 27.3 Å². The van der Waals surface area contributed by atoms with Gasteiger partial charge in [-0.25, -0.2) is 4.39 Å².